The average Bonchev–Trinajstić information content (AvgIpc) is 1.26. The summed E-state index contributed by atoms with van der Waals surface area (Å²) in [5, 5.41) is 41.7. The van der Waals surface area contributed by atoms with Crippen molar-refractivity contribution in [2.24, 2.45) is 16.2 Å². The summed E-state index contributed by atoms with van der Waals surface area (Å²) in [6.45, 7) is 22.3. The van der Waals surface area contributed by atoms with Crippen LogP contribution in [0.4, 0.5) is 17.5 Å². The number of anilines is 3. The zero-order valence-corrected chi connectivity index (χ0v) is 75.3. The average molecular weight is 1730 g/mol. The molecule has 9 fully saturated rings. The molecule has 126 heavy (non-hydrogen) atoms. The molecule has 0 bridgehead atoms. The van der Waals surface area contributed by atoms with E-state index in [1.807, 2.05) is 20.8 Å². The van der Waals surface area contributed by atoms with Crippen LogP contribution in [0.2, 0.25) is 0 Å². The van der Waals surface area contributed by atoms with Gasteiger partial charge in [-0.25, -0.2) is 15.0 Å². The molecule has 3 aromatic carbocycles. The van der Waals surface area contributed by atoms with Crippen LogP contribution in [0.3, 0.4) is 0 Å². The standard InChI is InChI=1S/3C34H47N3O5/c3*1-24-7-10-28(30-11-13-34(23-42-30)14-19-40-20-15-34)29(21-24)31(33(38)39)37-17-12-27(22-37)41-18-3-2-6-26-9-8-25-5-4-16-35-32(25)36-26/h3*7-10,21,27,30-31H,2-6,11-20,22-23H2,1H3,(H,35,36)(H,38,39)/t27-,30+,31+;27-,30+,31-;27-,30-,31+/m111/s1. The molecule has 18 rings (SSSR count). The molecule has 9 atom stereocenters. The Morgan fingerprint density at radius 3 is 0.960 bits per heavy atom. The minimum atomic E-state index is -0.800. The number of nitrogens with zero attached hydrogens (tertiary/aromatic N) is 6. The second-order valence-corrected chi connectivity index (χ2v) is 38.7. The number of fused-ring (bicyclic) bond motifs is 3. The van der Waals surface area contributed by atoms with E-state index in [4.69, 9.17) is 57.6 Å². The van der Waals surface area contributed by atoms with Crippen LogP contribution in [0.25, 0.3) is 0 Å². The fraction of sp³-hybridized carbons (Fsp3) is 0.647. The lowest BCUT2D eigenvalue weighted by Gasteiger charge is -2.43. The molecule has 6 aromatic rings. The Morgan fingerprint density at radius 1 is 0.397 bits per heavy atom. The minimum Gasteiger partial charge on any atom is -0.480 e. The Kier molecular flexibility index (Phi) is 32.0. The first-order valence-corrected chi connectivity index (χ1v) is 48.3. The molecule has 24 heteroatoms. The maximum Gasteiger partial charge on any atom is 0.325 e. The summed E-state index contributed by atoms with van der Waals surface area (Å²) in [6.07, 6.45) is 30.7. The number of carboxylic acid groups (broad SMARTS) is 3. The van der Waals surface area contributed by atoms with Crippen molar-refractivity contribution in [3.8, 4) is 0 Å². The lowest BCUT2D eigenvalue weighted by molar-refractivity contribution is -0.144. The molecule has 0 amide bonds. The molecule has 684 valence electrons. The largest absolute Gasteiger partial charge is 0.480 e. The van der Waals surface area contributed by atoms with E-state index in [-0.39, 0.29) is 52.9 Å². The van der Waals surface area contributed by atoms with Crippen molar-refractivity contribution in [1.82, 2.24) is 29.7 Å². The number of rotatable bonds is 30. The Hall–Kier alpha value is -7.56. The summed E-state index contributed by atoms with van der Waals surface area (Å²) in [6, 6.07) is 29.8. The number of benzene rings is 3. The van der Waals surface area contributed by atoms with Gasteiger partial charge in [-0.2, -0.15) is 0 Å². The summed E-state index contributed by atoms with van der Waals surface area (Å²) in [5.74, 6) is 0.779. The summed E-state index contributed by atoms with van der Waals surface area (Å²) in [5.41, 5.74) is 17.0. The van der Waals surface area contributed by atoms with Gasteiger partial charge in [-0.3, -0.25) is 29.1 Å². The Bertz CT molecular complexity index is 4110. The highest BCUT2D eigenvalue weighted by Crippen LogP contribution is 2.50. The number of aromatic nitrogens is 3. The summed E-state index contributed by atoms with van der Waals surface area (Å²) in [4.78, 5) is 59.0. The molecule has 0 saturated carbocycles. The van der Waals surface area contributed by atoms with Crippen LogP contribution in [0, 0.1) is 37.0 Å². The van der Waals surface area contributed by atoms with Gasteiger partial charge in [-0.15, -0.1) is 0 Å². The van der Waals surface area contributed by atoms with Gasteiger partial charge >= 0.3 is 17.9 Å². The predicted octanol–water partition coefficient (Wildman–Crippen LogP) is 16.9. The third-order valence-electron chi connectivity index (χ3n) is 29.6. The monoisotopic (exact) mass is 1730 g/mol. The molecule has 0 unspecified atom stereocenters. The van der Waals surface area contributed by atoms with Gasteiger partial charge in [0.1, 0.15) is 35.6 Å². The number of nitrogens with one attached hydrogen (secondary N) is 3. The van der Waals surface area contributed by atoms with E-state index in [1.165, 1.54) is 36.0 Å². The smallest absolute Gasteiger partial charge is 0.325 e. The van der Waals surface area contributed by atoms with Gasteiger partial charge in [-0.05, 0) is 298 Å². The SMILES string of the molecule is Cc1ccc([C@@H]2CCC3(CCOCC3)CO2)c([C@@H](C(=O)O)N2CC[C@@H](OCCCCc3ccc4c(n3)NCCC4)C2)c1.Cc1ccc([C@@H]2CCC3(CCOCC3)CO2)c([C@H](C(=O)O)N2CC[C@@H](OCCCCc3ccc4c(n3)NCCC4)C2)c1.Cc1ccc([C@H]2CCC3(CCOCC3)CO2)c([C@@H](C(=O)O)N2CC[C@@H](OCCCCc3ccc4c(n3)NCCC4)C2)c1. The topological polar surface area (TPSA) is 279 Å². The second-order valence-electron chi connectivity index (χ2n) is 38.7. The first kappa shape index (κ1) is 91.7. The van der Waals surface area contributed by atoms with Gasteiger partial charge in [0.15, 0.2) is 0 Å². The van der Waals surface area contributed by atoms with Crippen molar-refractivity contribution in [1.29, 1.82) is 0 Å². The second kappa shape index (κ2) is 43.9. The van der Waals surface area contributed by atoms with Crippen LogP contribution in [-0.4, -0.2) is 219 Å². The van der Waals surface area contributed by atoms with Crippen molar-refractivity contribution in [2.75, 3.05) is 154 Å². The molecule has 3 spiro atoms. The first-order valence-electron chi connectivity index (χ1n) is 48.3. The molecule has 0 radical (unpaired) electrons. The van der Waals surface area contributed by atoms with Crippen LogP contribution >= 0.6 is 0 Å². The van der Waals surface area contributed by atoms with E-state index < -0.39 is 36.0 Å². The van der Waals surface area contributed by atoms with Gasteiger partial charge in [-0.1, -0.05) is 89.5 Å². The zero-order chi connectivity index (χ0) is 86.8. The number of unbranched alkanes of at least 4 members (excludes halogenated alkanes) is 3. The maximum atomic E-state index is 12.8. The molecular weight excluding hydrogens is 1590 g/mol. The van der Waals surface area contributed by atoms with Crippen LogP contribution in [-0.2, 0) is 95.5 Å². The minimum absolute atomic E-state index is 0.0606. The molecule has 12 aliphatic heterocycles. The van der Waals surface area contributed by atoms with Gasteiger partial charge in [0.25, 0.3) is 0 Å². The van der Waals surface area contributed by atoms with E-state index in [9.17, 15) is 29.7 Å². The van der Waals surface area contributed by atoms with E-state index >= 15 is 0 Å². The van der Waals surface area contributed by atoms with Crippen molar-refractivity contribution in [3.05, 3.63) is 175 Å². The summed E-state index contributed by atoms with van der Waals surface area (Å²) in [7, 11) is 0. The number of hydrogen-bond donors (Lipinski definition) is 6. The number of carbonyl (C=O) groups is 3. The Morgan fingerprint density at radius 2 is 0.690 bits per heavy atom. The number of likely N-dealkylation sites (tertiary alicyclic amines) is 3. The van der Waals surface area contributed by atoms with E-state index in [0.29, 0.717) is 39.5 Å². The van der Waals surface area contributed by atoms with E-state index in [0.717, 1.165) is 357 Å². The highest BCUT2D eigenvalue weighted by molar-refractivity contribution is 5.78. The Labute approximate surface area is 746 Å². The Balaban J connectivity index is 0.000000139. The predicted molar refractivity (Wildman–Crippen MR) is 486 cm³/mol. The molecule has 12 aliphatic rings. The number of aliphatic carboxylic acids is 3. The van der Waals surface area contributed by atoms with Crippen LogP contribution in [0.15, 0.2) is 91.0 Å². The first-order chi connectivity index (χ1) is 61.5. The molecule has 15 heterocycles. The molecular formula is C102H141N9O15. The van der Waals surface area contributed by atoms with Crippen LogP contribution < -0.4 is 16.0 Å². The van der Waals surface area contributed by atoms with Crippen LogP contribution in [0.1, 0.15) is 274 Å². The molecule has 24 nitrogen and oxygen atoms in total. The lowest BCUT2D eigenvalue weighted by atomic mass is 9.74. The normalized spacial score (nSPS) is 24.7. The third kappa shape index (κ3) is 23.6. The quantitative estimate of drug-likeness (QED) is 0.0229. The lowest BCUT2D eigenvalue weighted by Crippen LogP contribution is -2.39. The number of pyridine rings is 3. The molecule has 0 aliphatic carbocycles. The van der Waals surface area contributed by atoms with Crippen molar-refractivity contribution >= 4 is 35.4 Å². The zero-order valence-electron chi connectivity index (χ0n) is 75.3. The number of ether oxygens (including phenoxy) is 9. The van der Waals surface area contributed by atoms with Crippen LogP contribution in [0.5, 0.6) is 0 Å². The van der Waals surface area contributed by atoms with Crippen molar-refractivity contribution < 1.29 is 72.3 Å². The number of hydrogen-bond acceptors (Lipinski definition) is 21. The van der Waals surface area contributed by atoms with E-state index in [2.05, 4.69) is 122 Å². The molecule has 3 aromatic heterocycles. The highest BCUT2D eigenvalue weighted by Gasteiger charge is 2.46. The van der Waals surface area contributed by atoms with E-state index in [1.54, 1.807) is 0 Å². The fourth-order valence-corrected chi connectivity index (χ4v) is 21.9. The molecule has 6 N–H and O–H groups in total. The van der Waals surface area contributed by atoms with Crippen molar-refractivity contribution in [3.63, 3.8) is 0 Å². The highest BCUT2D eigenvalue weighted by atomic mass is 16.5. The van der Waals surface area contributed by atoms with Gasteiger partial charge < -0.3 is 73.9 Å². The number of aryl methyl sites for hydroxylation is 9. The molecule has 9 saturated heterocycles. The van der Waals surface area contributed by atoms with Crippen molar-refractivity contribution in [2.45, 2.75) is 268 Å². The maximum absolute atomic E-state index is 12.8. The summed E-state index contributed by atoms with van der Waals surface area (Å²) >= 11 is 0. The van der Waals surface area contributed by atoms with Gasteiger partial charge in [0.2, 0.25) is 0 Å². The number of carboxylic acids is 3. The third-order valence-corrected chi connectivity index (χ3v) is 29.6. The van der Waals surface area contributed by atoms with Gasteiger partial charge in [0, 0.05) is 135 Å². The van der Waals surface area contributed by atoms with Gasteiger partial charge in [0.05, 0.1) is 56.4 Å². The summed E-state index contributed by atoms with van der Waals surface area (Å²) < 4.78 is 55.0. The fourth-order valence-electron chi connectivity index (χ4n) is 21.9.